The molecule has 0 saturated heterocycles. The second kappa shape index (κ2) is 6.52. The summed E-state index contributed by atoms with van der Waals surface area (Å²) < 4.78 is 6.15. The highest BCUT2D eigenvalue weighted by atomic mass is 79.9. The molecule has 0 fully saturated rings. The summed E-state index contributed by atoms with van der Waals surface area (Å²) in [6.45, 7) is 1.95. The Balaban J connectivity index is 2.07. The SMILES string of the molecule is COc1ccccc1CC(=O)Nc1cc(C)c(Br)cn1. The van der Waals surface area contributed by atoms with Crippen LogP contribution >= 0.6 is 15.9 Å². The quantitative estimate of drug-likeness (QED) is 0.932. The van der Waals surface area contributed by atoms with Crippen LogP contribution < -0.4 is 10.1 Å². The Morgan fingerprint density at radius 3 is 2.85 bits per heavy atom. The van der Waals surface area contributed by atoms with Crippen LogP contribution in [0.15, 0.2) is 41.0 Å². The molecule has 1 heterocycles. The number of hydrogen-bond acceptors (Lipinski definition) is 3. The zero-order valence-corrected chi connectivity index (χ0v) is 12.9. The Kier molecular flexibility index (Phi) is 4.74. The summed E-state index contributed by atoms with van der Waals surface area (Å²) in [6.07, 6.45) is 1.93. The van der Waals surface area contributed by atoms with Crippen LogP contribution in [0.1, 0.15) is 11.1 Å². The normalized spacial score (nSPS) is 10.2. The van der Waals surface area contributed by atoms with Crippen LogP contribution in [-0.2, 0) is 11.2 Å². The van der Waals surface area contributed by atoms with Gasteiger partial charge in [0.2, 0.25) is 5.91 Å². The summed E-state index contributed by atoms with van der Waals surface area (Å²) in [4.78, 5) is 16.2. The summed E-state index contributed by atoms with van der Waals surface area (Å²) in [5.41, 5.74) is 1.87. The lowest BCUT2D eigenvalue weighted by atomic mass is 10.1. The fourth-order valence-electron chi connectivity index (χ4n) is 1.82. The number of aryl methyl sites for hydroxylation is 1. The predicted octanol–water partition coefficient (Wildman–Crippen LogP) is 3.34. The van der Waals surface area contributed by atoms with E-state index in [1.54, 1.807) is 13.3 Å². The summed E-state index contributed by atoms with van der Waals surface area (Å²) in [6, 6.07) is 9.29. The molecule has 1 aromatic heterocycles. The molecule has 0 aliphatic carbocycles. The minimum absolute atomic E-state index is 0.122. The number of carbonyl (C=O) groups is 1. The molecule has 0 aliphatic heterocycles. The molecule has 0 aliphatic rings. The van der Waals surface area contributed by atoms with Gasteiger partial charge in [0, 0.05) is 16.2 Å². The summed E-state index contributed by atoms with van der Waals surface area (Å²) in [5.74, 6) is 1.14. The molecule has 5 heteroatoms. The average Bonchev–Trinajstić information content (AvgIpc) is 2.43. The Bertz CT molecular complexity index is 629. The molecule has 2 rings (SSSR count). The van der Waals surface area contributed by atoms with Crippen molar-refractivity contribution in [2.75, 3.05) is 12.4 Å². The first-order valence-corrected chi connectivity index (χ1v) is 6.93. The number of pyridine rings is 1. The second-order valence-electron chi connectivity index (χ2n) is 4.36. The van der Waals surface area contributed by atoms with E-state index in [2.05, 4.69) is 26.2 Å². The Labute approximate surface area is 126 Å². The first-order chi connectivity index (χ1) is 9.60. The van der Waals surface area contributed by atoms with Gasteiger partial charge in [-0.1, -0.05) is 18.2 Å². The Hall–Kier alpha value is -1.88. The van der Waals surface area contributed by atoms with Crippen molar-refractivity contribution in [3.63, 3.8) is 0 Å². The van der Waals surface area contributed by atoms with Crippen molar-refractivity contribution in [2.45, 2.75) is 13.3 Å². The van der Waals surface area contributed by atoms with Crippen LogP contribution in [0.5, 0.6) is 5.75 Å². The van der Waals surface area contributed by atoms with Gasteiger partial charge in [-0.15, -0.1) is 0 Å². The highest BCUT2D eigenvalue weighted by molar-refractivity contribution is 9.10. The average molecular weight is 335 g/mol. The molecule has 0 unspecified atom stereocenters. The van der Waals surface area contributed by atoms with E-state index < -0.39 is 0 Å². The second-order valence-corrected chi connectivity index (χ2v) is 5.21. The molecule has 0 saturated carbocycles. The van der Waals surface area contributed by atoms with Gasteiger partial charge in [0.15, 0.2) is 0 Å². The third-order valence-electron chi connectivity index (χ3n) is 2.86. The van der Waals surface area contributed by atoms with Crippen LogP contribution in [0.25, 0.3) is 0 Å². The number of ether oxygens (including phenoxy) is 1. The van der Waals surface area contributed by atoms with Crippen LogP contribution in [0.3, 0.4) is 0 Å². The van der Waals surface area contributed by atoms with Gasteiger partial charge in [-0.05, 0) is 40.5 Å². The number of benzene rings is 1. The largest absolute Gasteiger partial charge is 0.496 e. The van der Waals surface area contributed by atoms with E-state index in [1.165, 1.54) is 0 Å². The van der Waals surface area contributed by atoms with E-state index in [0.29, 0.717) is 11.6 Å². The number of rotatable bonds is 4. The highest BCUT2D eigenvalue weighted by Crippen LogP contribution is 2.19. The van der Waals surface area contributed by atoms with Crippen molar-refractivity contribution in [1.29, 1.82) is 0 Å². The van der Waals surface area contributed by atoms with E-state index in [9.17, 15) is 4.79 Å². The van der Waals surface area contributed by atoms with Crippen molar-refractivity contribution in [3.8, 4) is 5.75 Å². The van der Waals surface area contributed by atoms with Crippen molar-refractivity contribution in [1.82, 2.24) is 4.98 Å². The number of carbonyl (C=O) groups excluding carboxylic acids is 1. The number of anilines is 1. The molecular weight excluding hydrogens is 320 g/mol. The molecule has 1 N–H and O–H groups in total. The summed E-state index contributed by atoms with van der Waals surface area (Å²) in [7, 11) is 1.59. The highest BCUT2D eigenvalue weighted by Gasteiger charge is 2.09. The zero-order chi connectivity index (χ0) is 14.5. The Morgan fingerprint density at radius 2 is 2.15 bits per heavy atom. The fraction of sp³-hybridized carbons (Fsp3) is 0.200. The molecule has 0 atom stereocenters. The number of methoxy groups -OCH3 is 1. The number of amides is 1. The predicted molar refractivity (Wildman–Crippen MR) is 82.0 cm³/mol. The number of para-hydroxylation sites is 1. The van der Waals surface area contributed by atoms with Crippen molar-refractivity contribution in [2.24, 2.45) is 0 Å². The van der Waals surface area contributed by atoms with Gasteiger partial charge < -0.3 is 10.1 Å². The van der Waals surface area contributed by atoms with Gasteiger partial charge in [-0.2, -0.15) is 0 Å². The lowest BCUT2D eigenvalue weighted by Gasteiger charge is -2.09. The van der Waals surface area contributed by atoms with Crippen LogP contribution in [0, 0.1) is 6.92 Å². The topological polar surface area (TPSA) is 51.2 Å². The van der Waals surface area contributed by atoms with Crippen LogP contribution in [0.2, 0.25) is 0 Å². The van der Waals surface area contributed by atoms with Crippen molar-refractivity contribution < 1.29 is 9.53 Å². The number of hydrogen-bond donors (Lipinski definition) is 1. The first kappa shape index (κ1) is 14.5. The maximum atomic E-state index is 12.0. The van der Waals surface area contributed by atoms with Gasteiger partial charge in [0.05, 0.1) is 13.5 Å². The van der Waals surface area contributed by atoms with Crippen molar-refractivity contribution >= 4 is 27.7 Å². The van der Waals surface area contributed by atoms with Gasteiger partial charge in [0.1, 0.15) is 11.6 Å². The summed E-state index contributed by atoms with van der Waals surface area (Å²) in [5, 5.41) is 2.78. The van der Waals surface area contributed by atoms with E-state index in [0.717, 1.165) is 15.6 Å². The van der Waals surface area contributed by atoms with E-state index >= 15 is 0 Å². The zero-order valence-electron chi connectivity index (χ0n) is 11.3. The van der Waals surface area contributed by atoms with E-state index in [1.807, 2.05) is 37.3 Å². The lowest BCUT2D eigenvalue weighted by Crippen LogP contribution is -2.15. The van der Waals surface area contributed by atoms with Crippen molar-refractivity contribution in [3.05, 3.63) is 52.1 Å². The third-order valence-corrected chi connectivity index (χ3v) is 3.69. The van der Waals surface area contributed by atoms with Crippen LogP contribution in [-0.4, -0.2) is 18.0 Å². The molecule has 20 heavy (non-hydrogen) atoms. The number of nitrogens with zero attached hydrogens (tertiary/aromatic N) is 1. The number of aromatic nitrogens is 1. The molecule has 0 bridgehead atoms. The van der Waals surface area contributed by atoms with E-state index in [4.69, 9.17) is 4.74 Å². The smallest absolute Gasteiger partial charge is 0.230 e. The molecule has 0 radical (unpaired) electrons. The maximum absolute atomic E-state index is 12.0. The third kappa shape index (κ3) is 3.57. The molecule has 104 valence electrons. The van der Waals surface area contributed by atoms with Gasteiger partial charge in [-0.25, -0.2) is 4.98 Å². The van der Waals surface area contributed by atoms with Gasteiger partial charge in [0.25, 0.3) is 0 Å². The fourth-order valence-corrected chi connectivity index (χ4v) is 2.03. The van der Waals surface area contributed by atoms with Gasteiger partial charge in [-0.3, -0.25) is 4.79 Å². The minimum Gasteiger partial charge on any atom is -0.496 e. The first-order valence-electron chi connectivity index (χ1n) is 6.14. The monoisotopic (exact) mass is 334 g/mol. The molecule has 1 amide bonds. The van der Waals surface area contributed by atoms with Gasteiger partial charge >= 0.3 is 0 Å². The molecular formula is C15H15BrN2O2. The molecule has 1 aromatic carbocycles. The molecule has 4 nitrogen and oxygen atoms in total. The standard InChI is InChI=1S/C15H15BrN2O2/c1-10-7-14(17-9-12(10)16)18-15(19)8-11-5-3-4-6-13(11)20-2/h3-7,9H,8H2,1-2H3,(H,17,18,19). The number of halogens is 1. The minimum atomic E-state index is -0.122. The van der Waals surface area contributed by atoms with E-state index in [-0.39, 0.29) is 12.3 Å². The maximum Gasteiger partial charge on any atom is 0.230 e. The molecule has 0 spiro atoms. The summed E-state index contributed by atoms with van der Waals surface area (Å²) >= 11 is 3.38. The Morgan fingerprint density at radius 1 is 1.40 bits per heavy atom. The molecule has 2 aromatic rings. The van der Waals surface area contributed by atoms with Crippen LogP contribution in [0.4, 0.5) is 5.82 Å². The lowest BCUT2D eigenvalue weighted by molar-refractivity contribution is -0.115. The number of nitrogens with one attached hydrogen (secondary N) is 1.